The van der Waals surface area contributed by atoms with E-state index in [4.69, 9.17) is 8.94 Å². The van der Waals surface area contributed by atoms with E-state index in [1.165, 1.54) is 5.56 Å². The van der Waals surface area contributed by atoms with E-state index in [0.717, 1.165) is 28.1 Å². The van der Waals surface area contributed by atoms with Crippen LogP contribution in [0.4, 0.5) is 0 Å². The number of hydrogen-bond acceptors (Lipinski definition) is 4. The van der Waals surface area contributed by atoms with Gasteiger partial charge in [-0.2, -0.15) is 0 Å². The fourth-order valence-electron chi connectivity index (χ4n) is 3.18. The van der Waals surface area contributed by atoms with Crippen molar-refractivity contribution in [1.29, 1.82) is 0 Å². The maximum Gasteiger partial charge on any atom is 0.287 e. The molecule has 26 heavy (non-hydrogen) atoms. The van der Waals surface area contributed by atoms with E-state index in [-0.39, 0.29) is 11.9 Å². The van der Waals surface area contributed by atoms with Gasteiger partial charge in [-0.05, 0) is 57.9 Å². The summed E-state index contributed by atoms with van der Waals surface area (Å²) in [5, 5.41) is 6.95. The number of rotatable bonds is 5. The lowest BCUT2D eigenvalue weighted by atomic mass is 10.0. The summed E-state index contributed by atoms with van der Waals surface area (Å²) in [4.78, 5) is 12.5. The van der Waals surface area contributed by atoms with Gasteiger partial charge < -0.3 is 14.3 Å². The monoisotopic (exact) mass is 352 g/mol. The number of amides is 1. The van der Waals surface area contributed by atoms with Crippen LogP contribution in [0.2, 0.25) is 0 Å². The minimum Gasteiger partial charge on any atom is -0.456 e. The standard InChI is InChI=1S/C21H24N2O3/c1-12-6-8-18(13(2)10-12)14(3)22-21(24)20-9-7-17(25-20)11-19-15(4)23-26-16(19)5/h6-10,14H,11H2,1-5H3,(H,22,24). The van der Waals surface area contributed by atoms with Crippen LogP contribution in [0.5, 0.6) is 0 Å². The molecule has 0 fully saturated rings. The molecule has 1 amide bonds. The highest BCUT2D eigenvalue weighted by molar-refractivity contribution is 5.91. The van der Waals surface area contributed by atoms with Crippen molar-refractivity contribution in [1.82, 2.24) is 10.5 Å². The highest BCUT2D eigenvalue weighted by Crippen LogP contribution is 2.21. The molecule has 1 aromatic carbocycles. The van der Waals surface area contributed by atoms with E-state index < -0.39 is 0 Å². The van der Waals surface area contributed by atoms with Crippen LogP contribution < -0.4 is 5.32 Å². The molecule has 1 unspecified atom stereocenters. The first-order valence-electron chi connectivity index (χ1n) is 8.73. The molecule has 1 atom stereocenters. The summed E-state index contributed by atoms with van der Waals surface area (Å²) in [6, 6.07) is 9.66. The number of nitrogens with one attached hydrogen (secondary N) is 1. The molecule has 2 aromatic heterocycles. The van der Waals surface area contributed by atoms with Crippen LogP contribution in [0.1, 0.15) is 63.0 Å². The molecule has 0 aliphatic heterocycles. The van der Waals surface area contributed by atoms with Crippen molar-refractivity contribution < 1.29 is 13.7 Å². The Labute approximate surface area is 153 Å². The molecule has 0 aliphatic rings. The number of furan rings is 1. The number of aryl methyl sites for hydroxylation is 4. The van der Waals surface area contributed by atoms with Gasteiger partial charge in [0, 0.05) is 12.0 Å². The number of carbonyl (C=O) groups excluding carboxylic acids is 1. The second-order valence-corrected chi connectivity index (χ2v) is 6.80. The Kier molecular flexibility index (Phi) is 4.98. The number of hydrogen-bond donors (Lipinski definition) is 1. The van der Waals surface area contributed by atoms with Gasteiger partial charge in [0.25, 0.3) is 5.91 Å². The molecule has 0 bridgehead atoms. The average Bonchev–Trinajstić information content (AvgIpc) is 3.17. The van der Waals surface area contributed by atoms with Gasteiger partial charge in [0.2, 0.25) is 0 Å². The molecule has 3 rings (SSSR count). The van der Waals surface area contributed by atoms with Gasteiger partial charge >= 0.3 is 0 Å². The van der Waals surface area contributed by atoms with Crippen LogP contribution in [0, 0.1) is 27.7 Å². The third-order valence-electron chi connectivity index (χ3n) is 4.66. The average molecular weight is 352 g/mol. The van der Waals surface area contributed by atoms with Crippen LogP contribution >= 0.6 is 0 Å². The van der Waals surface area contributed by atoms with Crippen molar-refractivity contribution >= 4 is 5.91 Å². The predicted octanol–water partition coefficient (Wildman–Crippen LogP) is 4.58. The number of benzene rings is 1. The van der Waals surface area contributed by atoms with E-state index in [2.05, 4.69) is 42.5 Å². The number of carbonyl (C=O) groups is 1. The molecule has 3 aromatic rings. The largest absolute Gasteiger partial charge is 0.456 e. The Morgan fingerprint density at radius 3 is 2.58 bits per heavy atom. The van der Waals surface area contributed by atoms with Gasteiger partial charge in [0.15, 0.2) is 5.76 Å². The molecule has 0 spiro atoms. The first kappa shape index (κ1) is 18.0. The molecule has 136 valence electrons. The van der Waals surface area contributed by atoms with Crippen molar-refractivity contribution in [2.45, 2.75) is 47.1 Å². The first-order valence-corrected chi connectivity index (χ1v) is 8.73. The van der Waals surface area contributed by atoms with Crippen molar-refractivity contribution in [3.63, 3.8) is 0 Å². The molecule has 2 heterocycles. The maximum atomic E-state index is 12.5. The summed E-state index contributed by atoms with van der Waals surface area (Å²) in [5.74, 6) is 1.57. The first-order chi connectivity index (χ1) is 12.3. The van der Waals surface area contributed by atoms with Gasteiger partial charge in [0.1, 0.15) is 11.5 Å². The Morgan fingerprint density at radius 1 is 1.15 bits per heavy atom. The summed E-state index contributed by atoms with van der Waals surface area (Å²) in [7, 11) is 0. The summed E-state index contributed by atoms with van der Waals surface area (Å²) in [5.41, 5.74) is 5.31. The van der Waals surface area contributed by atoms with Gasteiger partial charge in [-0.25, -0.2) is 0 Å². The third-order valence-corrected chi connectivity index (χ3v) is 4.66. The van der Waals surface area contributed by atoms with Gasteiger partial charge in [-0.1, -0.05) is 28.9 Å². The molecule has 0 saturated heterocycles. The summed E-state index contributed by atoms with van der Waals surface area (Å²) in [6.07, 6.45) is 0.557. The fraction of sp³-hybridized carbons (Fsp3) is 0.333. The zero-order valence-corrected chi connectivity index (χ0v) is 15.8. The molecule has 1 N–H and O–H groups in total. The van der Waals surface area contributed by atoms with Crippen molar-refractivity contribution in [2.24, 2.45) is 0 Å². The molecule has 5 heteroatoms. The lowest BCUT2D eigenvalue weighted by molar-refractivity contribution is 0.0910. The second kappa shape index (κ2) is 7.20. The number of nitrogens with zero attached hydrogens (tertiary/aromatic N) is 1. The SMILES string of the molecule is Cc1ccc(C(C)NC(=O)c2ccc(Cc3c(C)noc3C)o2)c(C)c1. The van der Waals surface area contributed by atoms with Crippen molar-refractivity contribution in [2.75, 3.05) is 0 Å². The Balaban J connectivity index is 1.70. The molecular formula is C21H24N2O3. The van der Waals surface area contributed by atoms with Crippen LogP contribution in [-0.2, 0) is 6.42 Å². The maximum absolute atomic E-state index is 12.5. The quantitative estimate of drug-likeness (QED) is 0.729. The van der Waals surface area contributed by atoms with Gasteiger partial charge in [-0.15, -0.1) is 0 Å². The summed E-state index contributed by atoms with van der Waals surface area (Å²) in [6.45, 7) is 9.86. The van der Waals surface area contributed by atoms with Crippen molar-refractivity contribution in [3.8, 4) is 0 Å². The van der Waals surface area contributed by atoms with Crippen LogP contribution in [0.15, 0.2) is 39.3 Å². The van der Waals surface area contributed by atoms with E-state index in [1.807, 2.05) is 26.8 Å². The lowest BCUT2D eigenvalue weighted by Gasteiger charge is -2.16. The topological polar surface area (TPSA) is 68.3 Å². The second-order valence-electron chi connectivity index (χ2n) is 6.80. The normalized spacial score (nSPS) is 12.2. The minimum atomic E-state index is -0.220. The summed E-state index contributed by atoms with van der Waals surface area (Å²) < 4.78 is 10.9. The van der Waals surface area contributed by atoms with Crippen molar-refractivity contribution in [3.05, 3.63) is 75.6 Å². The van der Waals surface area contributed by atoms with Gasteiger partial charge in [-0.3, -0.25) is 4.79 Å². The Bertz CT molecular complexity index is 917. The van der Waals surface area contributed by atoms with Crippen LogP contribution in [0.25, 0.3) is 0 Å². The highest BCUT2D eigenvalue weighted by Gasteiger charge is 2.18. The molecule has 5 nitrogen and oxygen atoms in total. The molecule has 0 radical (unpaired) electrons. The van der Waals surface area contributed by atoms with E-state index in [0.29, 0.717) is 17.9 Å². The fourth-order valence-corrected chi connectivity index (χ4v) is 3.18. The highest BCUT2D eigenvalue weighted by atomic mass is 16.5. The van der Waals surface area contributed by atoms with E-state index in [1.54, 1.807) is 6.07 Å². The summed E-state index contributed by atoms with van der Waals surface area (Å²) >= 11 is 0. The van der Waals surface area contributed by atoms with E-state index >= 15 is 0 Å². The van der Waals surface area contributed by atoms with Crippen LogP contribution in [0.3, 0.4) is 0 Å². The minimum absolute atomic E-state index is 0.0980. The molecule has 0 aliphatic carbocycles. The zero-order valence-electron chi connectivity index (χ0n) is 15.8. The third kappa shape index (κ3) is 3.72. The predicted molar refractivity (Wildman–Crippen MR) is 99.3 cm³/mol. The zero-order chi connectivity index (χ0) is 18.8. The molecular weight excluding hydrogens is 328 g/mol. The Morgan fingerprint density at radius 2 is 1.92 bits per heavy atom. The van der Waals surface area contributed by atoms with Gasteiger partial charge in [0.05, 0.1) is 11.7 Å². The van der Waals surface area contributed by atoms with E-state index in [9.17, 15) is 4.79 Å². The number of aromatic nitrogens is 1. The lowest BCUT2D eigenvalue weighted by Crippen LogP contribution is -2.26. The smallest absolute Gasteiger partial charge is 0.287 e. The van der Waals surface area contributed by atoms with Crippen LogP contribution in [-0.4, -0.2) is 11.1 Å². The molecule has 0 saturated carbocycles. The Hall–Kier alpha value is -2.82.